The third kappa shape index (κ3) is 20.5. The Balaban J connectivity index is 3.30. The maximum atomic E-state index is 14.2. The summed E-state index contributed by atoms with van der Waals surface area (Å²) in [5, 5.41) is 31.9. The van der Waals surface area contributed by atoms with E-state index in [0.717, 1.165) is 4.90 Å². The van der Waals surface area contributed by atoms with Crippen molar-refractivity contribution in [3.63, 3.8) is 0 Å². The van der Waals surface area contributed by atoms with Crippen LogP contribution in [-0.2, 0) is 47.9 Å². The topological polar surface area (TPSA) is 358 Å². The second-order valence-electron chi connectivity index (χ2n) is 18.4. The van der Waals surface area contributed by atoms with Crippen LogP contribution >= 0.6 is 0 Å². The minimum atomic E-state index is -1.62. The number of guanidine groups is 1. The molecule has 0 aromatic heterocycles. The van der Waals surface area contributed by atoms with Gasteiger partial charge in [0.1, 0.15) is 42.3 Å². The fourth-order valence-corrected chi connectivity index (χ4v) is 7.51. The number of nitrogens with one attached hydrogen (secondary N) is 8. The van der Waals surface area contributed by atoms with Crippen molar-refractivity contribution in [2.45, 2.75) is 169 Å². The number of amides is 10. The van der Waals surface area contributed by atoms with Crippen LogP contribution in [0.25, 0.3) is 0 Å². The molecule has 1 aliphatic heterocycles. The zero-order chi connectivity index (χ0) is 53.4. The zero-order valence-corrected chi connectivity index (χ0v) is 43.1. The fraction of sp³-hybridized carbons (Fsp3) is 0.761. The molecule has 0 aromatic carbocycles. The third-order valence-corrected chi connectivity index (χ3v) is 12.2. The summed E-state index contributed by atoms with van der Waals surface area (Å²) >= 11 is 0. The molecule has 24 nitrogen and oxygen atoms in total. The number of rotatable bonds is 30. The van der Waals surface area contributed by atoms with E-state index in [1.807, 2.05) is 6.92 Å². The molecule has 1 unspecified atom stereocenters. The average molecular weight is 994 g/mol. The monoisotopic (exact) mass is 994 g/mol. The Bertz CT molecular complexity index is 1830. The van der Waals surface area contributed by atoms with Crippen molar-refractivity contribution < 1.29 is 53.1 Å². The van der Waals surface area contributed by atoms with Gasteiger partial charge in [-0.05, 0) is 63.7 Å². The number of nitrogens with zero attached hydrogens (tertiary/aromatic N) is 3. The first-order valence-corrected chi connectivity index (χ1v) is 24.5. The third-order valence-electron chi connectivity index (χ3n) is 12.2. The predicted molar refractivity (Wildman–Crippen MR) is 262 cm³/mol. The van der Waals surface area contributed by atoms with Crippen LogP contribution in [0.4, 0.5) is 0 Å². The first-order chi connectivity index (χ1) is 32.8. The van der Waals surface area contributed by atoms with Crippen LogP contribution in [0.5, 0.6) is 0 Å². The highest BCUT2D eigenvalue weighted by Crippen LogP contribution is 2.21. The van der Waals surface area contributed by atoms with Gasteiger partial charge in [-0.3, -0.25) is 52.9 Å². The van der Waals surface area contributed by atoms with Crippen molar-refractivity contribution >= 4 is 65.0 Å². The molecule has 1 aliphatic rings. The van der Waals surface area contributed by atoms with Gasteiger partial charge < -0.3 is 68.9 Å². The number of likely N-dealkylation sites (N-methyl/N-ethyl adjacent to an activating group) is 2. The normalized spacial score (nSPS) is 17.1. The molecule has 1 heterocycles. The van der Waals surface area contributed by atoms with Crippen LogP contribution in [0.15, 0.2) is 4.99 Å². The van der Waals surface area contributed by atoms with Crippen LogP contribution < -0.4 is 54.0 Å². The van der Waals surface area contributed by atoms with Crippen molar-refractivity contribution in [1.29, 1.82) is 0 Å². The number of carbonyl (C=O) groups is 10. The van der Waals surface area contributed by atoms with E-state index in [-0.39, 0.29) is 43.7 Å². The molecule has 0 spiro atoms. The Labute approximate surface area is 412 Å². The van der Waals surface area contributed by atoms with Crippen molar-refractivity contribution in [2.75, 3.05) is 39.8 Å². The van der Waals surface area contributed by atoms with Crippen LogP contribution in [0.2, 0.25) is 0 Å². The Morgan fingerprint density at radius 1 is 0.686 bits per heavy atom. The van der Waals surface area contributed by atoms with Crippen molar-refractivity contribution in [3.05, 3.63) is 0 Å². The first-order valence-electron chi connectivity index (χ1n) is 24.5. The van der Waals surface area contributed by atoms with E-state index in [1.54, 1.807) is 48.5 Å². The van der Waals surface area contributed by atoms with Gasteiger partial charge in [-0.25, -0.2) is 0 Å². The number of aliphatic imine (C=N–C) groups is 1. The fourth-order valence-electron chi connectivity index (χ4n) is 7.51. The van der Waals surface area contributed by atoms with Gasteiger partial charge in [0.05, 0.1) is 19.2 Å². The number of aliphatic hydroxyl groups is 1. The number of likely N-dealkylation sites (tertiary alicyclic amines) is 1. The summed E-state index contributed by atoms with van der Waals surface area (Å²) in [5.74, 6) is -7.96. The standard InChI is InChI=1S/C46H83N13O11/c1-12-18-30(39(64)55-36(26(7)13-2)42(67)53-31(19-16-21-50-46(47)48)45(70)59-22-17-20-32(59)40(65)49-15-4)52-44(69)38(28(9)60)57-43(68)37(27(8)14-3)56-41(66)35(25(5)6)54-33(62)23-51-34(63)24-58(11)29(10)61/h25-28,30-32,35-38,60H,12-24H2,1-11H3,(H,49,65)(H,51,63)(H,52,69)(H,53,67)(H,54,62)(H,55,64)(H,56,66)(H,57,68)(H4,47,48,50)/t26-,27?,28+,30-,31-,32-,35+,36-,37+,38-/m0/s1. The Morgan fingerprint density at radius 3 is 1.73 bits per heavy atom. The molecular formula is C46H83N13O11. The number of carbonyl (C=O) groups excluding carboxylic acids is 10. The molecule has 10 atom stereocenters. The second kappa shape index (κ2) is 31.2. The molecule has 398 valence electrons. The highest BCUT2D eigenvalue weighted by Gasteiger charge is 2.40. The molecule has 0 saturated carbocycles. The molecule has 10 amide bonds. The van der Waals surface area contributed by atoms with Gasteiger partial charge in [0, 0.05) is 33.6 Å². The lowest BCUT2D eigenvalue weighted by atomic mass is 9.95. The summed E-state index contributed by atoms with van der Waals surface area (Å²) in [6, 6.07) is -8.31. The molecule has 0 bridgehead atoms. The van der Waals surface area contributed by atoms with E-state index >= 15 is 0 Å². The van der Waals surface area contributed by atoms with Crippen molar-refractivity contribution in [2.24, 2.45) is 34.2 Å². The predicted octanol–water partition coefficient (Wildman–Crippen LogP) is -2.40. The van der Waals surface area contributed by atoms with Gasteiger partial charge in [0.25, 0.3) is 0 Å². The average Bonchev–Trinajstić information content (AvgIpc) is 3.80. The molecule has 1 rings (SSSR count). The van der Waals surface area contributed by atoms with E-state index in [1.165, 1.54) is 25.8 Å². The minimum Gasteiger partial charge on any atom is -0.391 e. The summed E-state index contributed by atoms with van der Waals surface area (Å²) in [5.41, 5.74) is 11.0. The van der Waals surface area contributed by atoms with Crippen molar-refractivity contribution in [1.82, 2.24) is 52.3 Å². The van der Waals surface area contributed by atoms with Gasteiger partial charge in [-0.2, -0.15) is 0 Å². The molecule has 1 saturated heterocycles. The van der Waals surface area contributed by atoms with Crippen LogP contribution in [-0.4, -0.2) is 168 Å². The summed E-state index contributed by atoms with van der Waals surface area (Å²) in [4.78, 5) is 140. The number of hydrogen-bond acceptors (Lipinski definition) is 12. The minimum absolute atomic E-state index is 0.0853. The molecule has 0 aliphatic carbocycles. The maximum absolute atomic E-state index is 14.2. The van der Waals surface area contributed by atoms with Crippen LogP contribution in [0.3, 0.4) is 0 Å². The highest BCUT2D eigenvalue weighted by atomic mass is 16.3. The van der Waals surface area contributed by atoms with E-state index in [4.69, 9.17) is 11.5 Å². The Morgan fingerprint density at radius 2 is 1.21 bits per heavy atom. The van der Waals surface area contributed by atoms with Crippen LogP contribution in [0.1, 0.15) is 121 Å². The smallest absolute Gasteiger partial charge is 0.245 e. The van der Waals surface area contributed by atoms with E-state index in [0.29, 0.717) is 51.6 Å². The molecular weight excluding hydrogens is 911 g/mol. The van der Waals surface area contributed by atoms with Gasteiger partial charge in [0.2, 0.25) is 59.1 Å². The summed E-state index contributed by atoms with van der Waals surface area (Å²) in [7, 11) is 1.42. The Kier molecular flexibility index (Phi) is 27.6. The lowest BCUT2D eigenvalue weighted by Gasteiger charge is -2.32. The van der Waals surface area contributed by atoms with Crippen LogP contribution in [0, 0.1) is 17.8 Å². The molecule has 0 radical (unpaired) electrons. The molecule has 70 heavy (non-hydrogen) atoms. The van der Waals surface area contributed by atoms with Gasteiger partial charge in [0.15, 0.2) is 5.96 Å². The van der Waals surface area contributed by atoms with Gasteiger partial charge >= 0.3 is 0 Å². The quantitative estimate of drug-likeness (QED) is 0.0203. The highest BCUT2D eigenvalue weighted by molar-refractivity contribution is 5.98. The number of nitrogens with two attached hydrogens (primary N) is 2. The summed E-state index contributed by atoms with van der Waals surface area (Å²) < 4.78 is 0. The van der Waals surface area contributed by atoms with Gasteiger partial charge in [-0.15, -0.1) is 0 Å². The lowest BCUT2D eigenvalue weighted by molar-refractivity contribution is -0.142. The van der Waals surface area contributed by atoms with E-state index < -0.39 is 120 Å². The number of hydrogen-bond donors (Lipinski definition) is 11. The van der Waals surface area contributed by atoms with E-state index in [2.05, 4.69) is 47.5 Å². The Hall–Kier alpha value is -6.07. The largest absolute Gasteiger partial charge is 0.391 e. The lowest BCUT2D eigenvalue weighted by Crippen LogP contribution is -2.63. The van der Waals surface area contributed by atoms with Crippen molar-refractivity contribution in [3.8, 4) is 0 Å². The van der Waals surface area contributed by atoms with Gasteiger partial charge in [-0.1, -0.05) is 67.7 Å². The molecule has 24 heteroatoms. The first kappa shape index (κ1) is 61.9. The number of aliphatic hydroxyl groups excluding tert-OH is 1. The summed E-state index contributed by atoms with van der Waals surface area (Å²) in [6.07, 6.45) is 1.22. The second-order valence-corrected chi connectivity index (χ2v) is 18.4. The SMILES string of the molecule is CCC[C@H](NC(=O)[C@@H](NC(=O)[C@H](NC(=O)[C@H](NC(=O)CNC(=O)CN(C)C(C)=O)C(C)C)C(C)CC)[C@@H](C)O)C(=O)N[C@H](C(=O)N[C@@H](CCCN=C(N)N)C(=O)N1CCC[C@H]1C(=O)NCC)[C@@H](C)CC. The molecule has 0 aromatic rings. The molecule has 1 fully saturated rings. The van der Waals surface area contributed by atoms with E-state index in [9.17, 15) is 53.1 Å². The maximum Gasteiger partial charge on any atom is 0.245 e. The molecule has 13 N–H and O–H groups in total. The summed E-state index contributed by atoms with van der Waals surface area (Å²) in [6.45, 7) is 16.5. The zero-order valence-electron chi connectivity index (χ0n) is 43.1.